The van der Waals surface area contributed by atoms with Crippen molar-refractivity contribution in [1.29, 1.82) is 0 Å². The summed E-state index contributed by atoms with van der Waals surface area (Å²) in [7, 11) is 0. The van der Waals surface area contributed by atoms with E-state index in [4.69, 9.17) is 5.73 Å². The number of amides is 2. The van der Waals surface area contributed by atoms with Crippen molar-refractivity contribution >= 4 is 23.6 Å². The molecule has 2 aliphatic rings. The molecule has 0 aromatic rings. The van der Waals surface area contributed by atoms with E-state index >= 15 is 0 Å². The number of nitrogens with two attached hydrogens (primary N) is 1. The standard InChI is InChI=1S/C14H25N3O2S/c15-9-12-5-4-8-17(12)14(19)11-20-10-13(18)16-6-2-1-3-7-16/h12H,1-11,15H2. The molecule has 2 N–H and O–H groups in total. The molecule has 20 heavy (non-hydrogen) atoms. The van der Waals surface area contributed by atoms with Crippen LogP contribution in [-0.4, -0.2) is 65.3 Å². The molecule has 2 aliphatic heterocycles. The van der Waals surface area contributed by atoms with Crippen LogP contribution in [0, 0.1) is 0 Å². The van der Waals surface area contributed by atoms with Gasteiger partial charge in [-0.2, -0.15) is 0 Å². The quantitative estimate of drug-likeness (QED) is 0.811. The van der Waals surface area contributed by atoms with Crippen LogP contribution in [0.15, 0.2) is 0 Å². The molecule has 2 fully saturated rings. The molecule has 0 bridgehead atoms. The second-order valence-corrected chi connectivity index (χ2v) is 6.54. The largest absolute Gasteiger partial charge is 0.342 e. The predicted molar refractivity (Wildman–Crippen MR) is 81.5 cm³/mol. The van der Waals surface area contributed by atoms with Crippen molar-refractivity contribution in [1.82, 2.24) is 9.80 Å². The smallest absolute Gasteiger partial charge is 0.232 e. The molecular weight excluding hydrogens is 274 g/mol. The van der Waals surface area contributed by atoms with Crippen molar-refractivity contribution in [2.45, 2.75) is 38.1 Å². The summed E-state index contributed by atoms with van der Waals surface area (Å²) in [5.74, 6) is 1.14. The van der Waals surface area contributed by atoms with Gasteiger partial charge in [-0.3, -0.25) is 9.59 Å². The molecule has 5 nitrogen and oxygen atoms in total. The van der Waals surface area contributed by atoms with Crippen LogP contribution in [0.25, 0.3) is 0 Å². The highest BCUT2D eigenvalue weighted by molar-refractivity contribution is 8.00. The normalized spacial score (nSPS) is 23.1. The highest BCUT2D eigenvalue weighted by Crippen LogP contribution is 2.18. The van der Waals surface area contributed by atoms with Crippen LogP contribution in [0.3, 0.4) is 0 Å². The average molecular weight is 299 g/mol. The summed E-state index contributed by atoms with van der Waals surface area (Å²) in [5.41, 5.74) is 5.67. The van der Waals surface area contributed by atoms with Crippen LogP contribution in [0.2, 0.25) is 0 Å². The highest BCUT2D eigenvalue weighted by atomic mass is 32.2. The van der Waals surface area contributed by atoms with Crippen LogP contribution in [0.1, 0.15) is 32.1 Å². The Labute approximate surface area is 125 Å². The topological polar surface area (TPSA) is 66.6 Å². The van der Waals surface area contributed by atoms with Crippen molar-refractivity contribution in [3.8, 4) is 0 Å². The van der Waals surface area contributed by atoms with Gasteiger partial charge in [0.1, 0.15) is 0 Å². The van der Waals surface area contributed by atoms with Crippen LogP contribution in [0.5, 0.6) is 0 Å². The summed E-state index contributed by atoms with van der Waals surface area (Å²) >= 11 is 1.44. The van der Waals surface area contributed by atoms with Gasteiger partial charge in [-0.25, -0.2) is 0 Å². The second kappa shape index (κ2) is 7.88. The molecule has 0 aromatic heterocycles. The summed E-state index contributed by atoms with van der Waals surface area (Å²) in [6.45, 7) is 3.13. The fourth-order valence-corrected chi connectivity index (χ4v) is 3.75. The van der Waals surface area contributed by atoms with Crippen LogP contribution in [-0.2, 0) is 9.59 Å². The first-order valence-corrected chi connectivity index (χ1v) is 8.73. The van der Waals surface area contributed by atoms with E-state index in [0.29, 0.717) is 18.1 Å². The van der Waals surface area contributed by atoms with Crippen molar-refractivity contribution in [3.63, 3.8) is 0 Å². The Balaban J connectivity index is 1.67. The molecule has 2 heterocycles. The maximum Gasteiger partial charge on any atom is 0.232 e. The maximum atomic E-state index is 12.1. The van der Waals surface area contributed by atoms with Gasteiger partial charge in [0.2, 0.25) is 11.8 Å². The minimum Gasteiger partial charge on any atom is -0.342 e. The molecular formula is C14H25N3O2S. The average Bonchev–Trinajstić information content (AvgIpc) is 2.96. The minimum absolute atomic E-state index is 0.134. The van der Waals surface area contributed by atoms with Gasteiger partial charge in [-0.15, -0.1) is 11.8 Å². The number of carbonyl (C=O) groups excluding carboxylic acids is 2. The van der Waals surface area contributed by atoms with E-state index in [1.54, 1.807) is 0 Å². The van der Waals surface area contributed by atoms with E-state index < -0.39 is 0 Å². The monoisotopic (exact) mass is 299 g/mol. The zero-order chi connectivity index (χ0) is 14.4. The Morgan fingerprint density at radius 2 is 1.70 bits per heavy atom. The molecule has 0 radical (unpaired) electrons. The summed E-state index contributed by atoms with van der Waals surface area (Å²) in [5, 5.41) is 0. The molecule has 0 spiro atoms. The van der Waals surface area contributed by atoms with E-state index in [1.165, 1.54) is 18.2 Å². The maximum absolute atomic E-state index is 12.1. The molecule has 0 aliphatic carbocycles. The molecule has 2 rings (SSSR count). The molecule has 1 atom stereocenters. The zero-order valence-corrected chi connectivity index (χ0v) is 12.9. The van der Waals surface area contributed by atoms with Crippen molar-refractivity contribution < 1.29 is 9.59 Å². The summed E-state index contributed by atoms with van der Waals surface area (Å²) < 4.78 is 0. The number of piperidine rings is 1. The van der Waals surface area contributed by atoms with E-state index in [1.807, 2.05) is 9.80 Å². The van der Waals surface area contributed by atoms with Crippen LogP contribution >= 0.6 is 11.8 Å². The zero-order valence-electron chi connectivity index (χ0n) is 12.1. The number of hydrogen-bond donors (Lipinski definition) is 1. The Hall–Kier alpha value is -0.750. The number of thioether (sulfide) groups is 1. The van der Waals surface area contributed by atoms with Gasteiger partial charge >= 0.3 is 0 Å². The third kappa shape index (κ3) is 4.12. The third-order valence-electron chi connectivity index (χ3n) is 4.13. The molecule has 2 amide bonds. The van der Waals surface area contributed by atoms with E-state index in [9.17, 15) is 9.59 Å². The third-order valence-corrected chi connectivity index (χ3v) is 5.03. The fraction of sp³-hybridized carbons (Fsp3) is 0.857. The molecule has 1 unspecified atom stereocenters. The van der Waals surface area contributed by atoms with E-state index in [2.05, 4.69) is 0 Å². The van der Waals surface area contributed by atoms with Gasteiger partial charge in [0, 0.05) is 32.2 Å². The van der Waals surface area contributed by atoms with Crippen molar-refractivity contribution in [2.24, 2.45) is 5.73 Å². The molecule has 0 aromatic carbocycles. The van der Waals surface area contributed by atoms with Gasteiger partial charge in [-0.05, 0) is 32.1 Å². The Morgan fingerprint density at radius 3 is 2.40 bits per heavy atom. The van der Waals surface area contributed by atoms with E-state index in [-0.39, 0.29) is 17.9 Å². The highest BCUT2D eigenvalue weighted by Gasteiger charge is 2.27. The van der Waals surface area contributed by atoms with Gasteiger partial charge < -0.3 is 15.5 Å². The lowest BCUT2D eigenvalue weighted by Gasteiger charge is -2.27. The number of hydrogen-bond acceptors (Lipinski definition) is 4. The summed E-state index contributed by atoms with van der Waals surface area (Å²) in [6.07, 6.45) is 5.51. The number of carbonyl (C=O) groups is 2. The van der Waals surface area contributed by atoms with Crippen LogP contribution in [0.4, 0.5) is 0 Å². The second-order valence-electron chi connectivity index (χ2n) is 5.55. The van der Waals surface area contributed by atoms with Crippen LogP contribution < -0.4 is 5.73 Å². The number of rotatable bonds is 5. The molecule has 114 valence electrons. The van der Waals surface area contributed by atoms with E-state index in [0.717, 1.165) is 45.3 Å². The summed E-state index contributed by atoms with van der Waals surface area (Å²) in [6, 6.07) is 0.209. The fourth-order valence-electron chi connectivity index (χ4n) is 2.95. The van der Waals surface area contributed by atoms with Gasteiger partial charge in [0.05, 0.1) is 11.5 Å². The first-order chi connectivity index (χ1) is 9.72. The number of nitrogens with zero attached hydrogens (tertiary/aromatic N) is 2. The van der Waals surface area contributed by atoms with Gasteiger partial charge in [-0.1, -0.05) is 0 Å². The summed E-state index contributed by atoms with van der Waals surface area (Å²) in [4.78, 5) is 27.9. The molecule has 2 saturated heterocycles. The first kappa shape index (κ1) is 15.6. The van der Waals surface area contributed by atoms with Gasteiger partial charge in [0.15, 0.2) is 0 Å². The first-order valence-electron chi connectivity index (χ1n) is 7.57. The Bertz CT molecular complexity index is 345. The lowest BCUT2D eigenvalue weighted by atomic mass is 10.1. The lowest BCUT2D eigenvalue weighted by Crippen LogP contribution is -2.41. The molecule has 6 heteroatoms. The van der Waals surface area contributed by atoms with Crippen molar-refractivity contribution in [3.05, 3.63) is 0 Å². The Morgan fingerprint density at radius 1 is 1.00 bits per heavy atom. The Kier molecular flexibility index (Phi) is 6.16. The minimum atomic E-state index is 0.134. The lowest BCUT2D eigenvalue weighted by molar-refractivity contribution is -0.129. The SMILES string of the molecule is NCC1CCCN1C(=O)CSCC(=O)N1CCCCC1. The van der Waals surface area contributed by atoms with Gasteiger partial charge in [0.25, 0.3) is 0 Å². The molecule has 0 saturated carbocycles. The predicted octanol–water partition coefficient (Wildman–Crippen LogP) is 0.682. The number of likely N-dealkylation sites (tertiary alicyclic amines) is 2. The van der Waals surface area contributed by atoms with Crippen molar-refractivity contribution in [2.75, 3.05) is 37.7 Å².